The summed E-state index contributed by atoms with van der Waals surface area (Å²) in [6.07, 6.45) is 5.49. The molecule has 0 saturated heterocycles. The van der Waals surface area contributed by atoms with Crippen molar-refractivity contribution in [3.63, 3.8) is 0 Å². The lowest BCUT2D eigenvalue weighted by molar-refractivity contribution is 0.698. The summed E-state index contributed by atoms with van der Waals surface area (Å²) in [6, 6.07) is 0. The average Bonchev–Trinajstić information content (AvgIpc) is 1.83. The standard InChI is InChI=1S/C9H16/c1-5-9(4)7-6-8(2)3/h6-7,9H,2,5H2,1,3-4H3/b7-6+. The van der Waals surface area contributed by atoms with Gasteiger partial charge in [0.05, 0.1) is 0 Å². The Kier molecular flexibility index (Phi) is 4.12. The molecule has 0 aliphatic carbocycles. The van der Waals surface area contributed by atoms with Crippen LogP contribution >= 0.6 is 0 Å². The Morgan fingerprint density at radius 2 is 2.22 bits per heavy atom. The highest BCUT2D eigenvalue weighted by atomic mass is 13.9. The van der Waals surface area contributed by atoms with Crippen molar-refractivity contribution in [1.82, 2.24) is 0 Å². The van der Waals surface area contributed by atoms with Crippen molar-refractivity contribution in [3.8, 4) is 0 Å². The van der Waals surface area contributed by atoms with E-state index in [4.69, 9.17) is 0 Å². The zero-order valence-corrected chi connectivity index (χ0v) is 6.65. The Bertz CT molecular complexity index is 109. The summed E-state index contributed by atoms with van der Waals surface area (Å²) in [5.41, 5.74) is 1.13. The van der Waals surface area contributed by atoms with E-state index in [9.17, 15) is 0 Å². The van der Waals surface area contributed by atoms with E-state index in [2.05, 4.69) is 32.6 Å². The maximum atomic E-state index is 3.77. The first-order valence-corrected chi connectivity index (χ1v) is 3.50. The highest BCUT2D eigenvalue weighted by molar-refractivity contribution is 5.11. The van der Waals surface area contributed by atoms with E-state index < -0.39 is 0 Å². The minimum absolute atomic E-state index is 0.696. The van der Waals surface area contributed by atoms with Crippen molar-refractivity contribution in [1.29, 1.82) is 0 Å². The maximum absolute atomic E-state index is 3.77. The number of hydrogen-bond donors (Lipinski definition) is 0. The van der Waals surface area contributed by atoms with E-state index >= 15 is 0 Å². The number of rotatable bonds is 3. The lowest BCUT2D eigenvalue weighted by atomic mass is 10.1. The molecule has 0 bridgehead atoms. The molecule has 1 atom stereocenters. The van der Waals surface area contributed by atoms with Crippen LogP contribution in [-0.4, -0.2) is 0 Å². The van der Waals surface area contributed by atoms with Crippen LogP contribution in [0.1, 0.15) is 27.2 Å². The largest absolute Gasteiger partial charge is 0.0961 e. The SMILES string of the molecule is C=C(C)/C=C/C(C)CC. The monoisotopic (exact) mass is 124 g/mol. The van der Waals surface area contributed by atoms with Gasteiger partial charge in [0.25, 0.3) is 0 Å². The van der Waals surface area contributed by atoms with E-state index in [1.54, 1.807) is 0 Å². The van der Waals surface area contributed by atoms with Crippen LogP contribution < -0.4 is 0 Å². The molecule has 0 nitrogen and oxygen atoms in total. The Balaban J connectivity index is 3.56. The zero-order chi connectivity index (χ0) is 7.28. The molecule has 0 aliphatic rings. The molecule has 52 valence electrons. The van der Waals surface area contributed by atoms with Crippen LogP contribution in [0.2, 0.25) is 0 Å². The van der Waals surface area contributed by atoms with Crippen molar-refractivity contribution in [3.05, 3.63) is 24.3 Å². The summed E-state index contributed by atoms with van der Waals surface area (Å²) in [5.74, 6) is 0.696. The second kappa shape index (κ2) is 4.37. The molecule has 0 aromatic rings. The Morgan fingerprint density at radius 1 is 1.67 bits per heavy atom. The van der Waals surface area contributed by atoms with Gasteiger partial charge in [0.15, 0.2) is 0 Å². The van der Waals surface area contributed by atoms with Crippen molar-refractivity contribution in [2.75, 3.05) is 0 Å². The van der Waals surface area contributed by atoms with Crippen molar-refractivity contribution >= 4 is 0 Å². The fourth-order valence-corrected chi connectivity index (χ4v) is 0.465. The van der Waals surface area contributed by atoms with Crippen LogP contribution in [0, 0.1) is 5.92 Å². The summed E-state index contributed by atoms with van der Waals surface area (Å²) >= 11 is 0. The Labute approximate surface area is 58.3 Å². The van der Waals surface area contributed by atoms with Gasteiger partial charge in [0.1, 0.15) is 0 Å². The van der Waals surface area contributed by atoms with Gasteiger partial charge in [-0.1, -0.05) is 44.6 Å². The van der Waals surface area contributed by atoms with Crippen molar-refractivity contribution in [2.24, 2.45) is 5.92 Å². The molecule has 0 aromatic heterocycles. The average molecular weight is 124 g/mol. The molecule has 0 heteroatoms. The second-order valence-corrected chi connectivity index (χ2v) is 2.59. The van der Waals surface area contributed by atoms with Gasteiger partial charge in [-0.25, -0.2) is 0 Å². The van der Waals surface area contributed by atoms with Gasteiger partial charge in [-0.3, -0.25) is 0 Å². The van der Waals surface area contributed by atoms with Crippen LogP contribution in [-0.2, 0) is 0 Å². The molecule has 0 aromatic carbocycles. The third kappa shape index (κ3) is 5.35. The highest BCUT2D eigenvalue weighted by Gasteiger charge is 1.88. The van der Waals surface area contributed by atoms with Gasteiger partial charge in [-0.2, -0.15) is 0 Å². The number of allylic oxidation sites excluding steroid dienone is 3. The molecular weight excluding hydrogens is 108 g/mol. The molecule has 0 radical (unpaired) electrons. The quantitative estimate of drug-likeness (QED) is 0.507. The lowest BCUT2D eigenvalue weighted by Crippen LogP contribution is -1.83. The number of hydrogen-bond acceptors (Lipinski definition) is 0. The van der Waals surface area contributed by atoms with Crippen molar-refractivity contribution in [2.45, 2.75) is 27.2 Å². The summed E-state index contributed by atoms with van der Waals surface area (Å²) < 4.78 is 0. The molecule has 0 aliphatic heterocycles. The lowest BCUT2D eigenvalue weighted by Gasteiger charge is -1.97. The second-order valence-electron chi connectivity index (χ2n) is 2.59. The van der Waals surface area contributed by atoms with E-state index in [1.807, 2.05) is 6.92 Å². The first-order valence-electron chi connectivity index (χ1n) is 3.50. The van der Waals surface area contributed by atoms with E-state index in [0.29, 0.717) is 5.92 Å². The topological polar surface area (TPSA) is 0 Å². The van der Waals surface area contributed by atoms with Gasteiger partial charge in [-0.15, -0.1) is 0 Å². The third-order valence-corrected chi connectivity index (χ3v) is 1.35. The molecule has 0 N–H and O–H groups in total. The molecule has 0 saturated carbocycles. The predicted octanol–water partition coefficient (Wildman–Crippen LogP) is 3.16. The Hall–Kier alpha value is -0.520. The van der Waals surface area contributed by atoms with Gasteiger partial charge >= 0.3 is 0 Å². The fraction of sp³-hybridized carbons (Fsp3) is 0.556. The molecular formula is C9H16. The first-order chi connectivity index (χ1) is 4.16. The van der Waals surface area contributed by atoms with Gasteiger partial charge in [-0.05, 0) is 12.8 Å². The van der Waals surface area contributed by atoms with Crippen LogP contribution in [0.3, 0.4) is 0 Å². The Morgan fingerprint density at radius 3 is 2.56 bits per heavy atom. The molecule has 0 amide bonds. The maximum Gasteiger partial charge on any atom is -0.0261 e. The molecule has 9 heavy (non-hydrogen) atoms. The summed E-state index contributed by atoms with van der Waals surface area (Å²) in [5, 5.41) is 0. The zero-order valence-electron chi connectivity index (χ0n) is 6.65. The minimum atomic E-state index is 0.696. The first kappa shape index (κ1) is 8.48. The predicted molar refractivity (Wildman–Crippen MR) is 43.4 cm³/mol. The van der Waals surface area contributed by atoms with Crippen molar-refractivity contribution < 1.29 is 0 Å². The molecule has 1 unspecified atom stereocenters. The molecule has 0 spiro atoms. The summed E-state index contributed by atoms with van der Waals surface area (Å²) in [6.45, 7) is 10.2. The van der Waals surface area contributed by atoms with Crippen LogP contribution in [0.25, 0.3) is 0 Å². The normalized spacial score (nSPS) is 14.1. The van der Waals surface area contributed by atoms with Gasteiger partial charge < -0.3 is 0 Å². The molecule has 0 heterocycles. The van der Waals surface area contributed by atoms with Gasteiger partial charge in [0.2, 0.25) is 0 Å². The highest BCUT2D eigenvalue weighted by Crippen LogP contribution is 2.03. The summed E-state index contributed by atoms with van der Waals surface area (Å²) in [7, 11) is 0. The van der Waals surface area contributed by atoms with E-state index in [0.717, 1.165) is 5.57 Å². The van der Waals surface area contributed by atoms with Crippen LogP contribution in [0.4, 0.5) is 0 Å². The van der Waals surface area contributed by atoms with E-state index in [-0.39, 0.29) is 0 Å². The smallest absolute Gasteiger partial charge is 0.0261 e. The van der Waals surface area contributed by atoms with Crippen LogP contribution in [0.5, 0.6) is 0 Å². The van der Waals surface area contributed by atoms with Gasteiger partial charge in [0, 0.05) is 0 Å². The minimum Gasteiger partial charge on any atom is -0.0961 e. The fourth-order valence-electron chi connectivity index (χ4n) is 0.465. The summed E-state index contributed by atoms with van der Waals surface area (Å²) in [4.78, 5) is 0. The molecule has 0 fully saturated rings. The third-order valence-electron chi connectivity index (χ3n) is 1.35. The molecule has 0 rings (SSSR count). The van der Waals surface area contributed by atoms with Crippen LogP contribution in [0.15, 0.2) is 24.3 Å². The van der Waals surface area contributed by atoms with E-state index in [1.165, 1.54) is 6.42 Å².